The van der Waals surface area contributed by atoms with Crippen LogP contribution in [0.5, 0.6) is 0 Å². The normalized spacial score (nSPS) is 12.2. The first-order chi connectivity index (χ1) is 8.10. The average Bonchev–Trinajstić information content (AvgIpc) is 2.31. The third-order valence-corrected chi connectivity index (χ3v) is 2.94. The van der Waals surface area contributed by atoms with Crippen molar-refractivity contribution >= 4 is 5.97 Å². The van der Waals surface area contributed by atoms with Gasteiger partial charge in [0.1, 0.15) is 5.82 Å². The Hall–Kier alpha value is -1.38. The SMILES string of the molecule is CCCCC(C(=O)OC)c1ccc(F)cc1C. The molecule has 0 saturated heterocycles. The van der Waals surface area contributed by atoms with Crippen LogP contribution in [0.25, 0.3) is 0 Å². The lowest BCUT2D eigenvalue weighted by Gasteiger charge is -2.16. The topological polar surface area (TPSA) is 26.3 Å². The molecule has 0 saturated carbocycles. The highest BCUT2D eigenvalue weighted by Gasteiger charge is 2.22. The largest absolute Gasteiger partial charge is 0.469 e. The van der Waals surface area contributed by atoms with E-state index in [2.05, 4.69) is 6.92 Å². The lowest BCUT2D eigenvalue weighted by atomic mass is 9.90. The molecule has 0 aromatic heterocycles. The predicted molar refractivity (Wildman–Crippen MR) is 65.4 cm³/mol. The second-order valence-electron chi connectivity index (χ2n) is 4.22. The molecule has 1 rings (SSSR count). The molecule has 0 bridgehead atoms. The molecular formula is C14H19FO2. The fourth-order valence-corrected chi connectivity index (χ4v) is 1.98. The Kier molecular flexibility index (Phi) is 5.13. The summed E-state index contributed by atoms with van der Waals surface area (Å²) in [5.74, 6) is -0.793. The molecule has 0 aliphatic carbocycles. The molecule has 1 aromatic rings. The average molecular weight is 238 g/mol. The first-order valence-electron chi connectivity index (χ1n) is 5.94. The number of carbonyl (C=O) groups excluding carboxylic acids is 1. The molecule has 0 aliphatic rings. The van der Waals surface area contributed by atoms with Crippen LogP contribution in [-0.2, 0) is 9.53 Å². The second-order valence-corrected chi connectivity index (χ2v) is 4.22. The number of carbonyl (C=O) groups is 1. The van der Waals surface area contributed by atoms with Crippen LogP contribution in [0, 0.1) is 12.7 Å². The summed E-state index contributed by atoms with van der Waals surface area (Å²) in [6.45, 7) is 3.89. The van der Waals surface area contributed by atoms with Gasteiger partial charge < -0.3 is 4.74 Å². The van der Waals surface area contributed by atoms with Gasteiger partial charge in [0.15, 0.2) is 0 Å². The maximum atomic E-state index is 13.0. The number of ether oxygens (including phenoxy) is 1. The van der Waals surface area contributed by atoms with Crippen molar-refractivity contribution in [3.63, 3.8) is 0 Å². The lowest BCUT2D eigenvalue weighted by molar-refractivity contribution is -0.142. The summed E-state index contributed by atoms with van der Waals surface area (Å²) in [4.78, 5) is 11.7. The van der Waals surface area contributed by atoms with E-state index in [0.717, 1.165) is 30.4 Å². The number of hydrogen-bond acceptors (Lipinski definition) is 2. The van der Waals surface area contributed by atoms with Crippen LogP contribution in [0.15, 0.2) is 18.2 Å². The molecule has 1 unspecified atom stereocenters. The summed E-state index contributed by atoms with van der Waals surface area (Å²) < 4.78 is 17.8. The third-order valence-electron chi connectivity index (χ3n) is 2.94. The molecule has 1 atom stereocenters. The van der Waals surface area contributed by atoms with Crippen LogP contribution in [0.4, 0.5) is 4.39 Å². The summed E-state index contributed by atoms with van der Waals surface area (Å²) in [6, 6.07) is 4.53. The number of esters is 1. The Morgan fingerprint density at radius 1 is 1.47 bits per heavy atom. The maximum absolute atomic E-state index is 13.0. The number of aryl methyl sites for hydroxylation is 1. The number of hydrogen-bond donors (Lipinski definition) is 0. The second kappa shape index (κ2) is 6.38. The maximum Gasteiger partial charge on any atom is 0.313 e. The van der Waals surface area contributed by atoms with E-state index in [0.29, 0.717) is 0 Å². The molecule has 0 N–H and O–H groups in total. The van der Waals surface area contributed by atoms with Gasteiger partial charge in [-0.25, -0.2) is 4.39 Å². The van der Waals surface area contributed by atoms with Gasteiger partial charge in [-0.1, -0.05) is 25.8 Å². The Morgan fingerprint density at radius 3 is 2.71 bits per heavy atom. The van der Waals surface area contributed by atoms with E-state index in [1.165, 1.54) is 19.2 Å². The number of halogens is 1. The van der Waals surface area contributed by atoms with Crippen molar-refractivity contribution in [3.8, 4) is 0 Å². The zero-order valence-corrected chi connectivity index (χ0v) is 10.6. The smallest absolute Gasteiger partial charge is 0.313 e. The standard InChI is InChI=1S/C14H19FO2/c1-4-5-6-13(14(16)17-3)12-8-7-11(15)9-10(12)2/h7-9,13H,4-6H2,1-3H3. The van der Waals surface area contributed by atoms with Gasteiger partial charge in [0.2, 0.25) is 0 Å². The van der Waals surface area contributed by atoms with Crippen LogP contribution >= 0.6 is 0 Å². The van der Waals surface area contributed by atoms with Crippen molar-refractivity contribution in [3.05, 3.63) is 35.1 Å². The summed E-state index contributed by atoms with van der Waals surface area (Å²) in [5.41, 5.74) is 1.67. The van der Waals surface area contributed by atoms with E-state index in [-0.39, 0.29) is 17.7 Å². The van der Waals surface area contributed by atoms with Crippen LogP contribution in [0.3, 0.4) is 0 Å². The Balaban J connectivity index is 2.99. The molecule has 17 heavy (non-hydrogen) atoms. The number of methoxy groups -OCH3 is 1. The summed E-state index contributed by atoms with van der Waals surface area (Å²) >= 11 is 0. The van der Waals surface area contributed by atoms with E-state index in [1.54, 1.807) is 6.07 Å². The lowest BCUT2D eigenvalue weighted by Crippen LogP contribution is -2.15. The van der Waals surface area contributed by atoms with E-state index < -0.39 is 0 Å². The van der Waals surface area contributed by atoms with Crippen LogP contribution in [0.2, 0.25) is 0 Å². The van der Waals surface area contributed by atoms with Gasteiger partial charge in [-0.2, -0.15) is 0 Å². The third kappa shape index (κ3) is 3.55. The fourth-order valence-electron chi connectivity index (χ4n) is 1.98. The molecule has 0 fully saturated rings. The number of unbranched alkanes of at least 4 members (excludes halogenated alkanes) is 1. The molecular weight excluding hydrogens is 219 g/mol. The van der Waals surface area contributed by atoms with Crippen LogP contribution in [-0.4, -0.2) is 13.1 Å². The van der Waals surface area contributed by atoms with E-state index in [9.17, 15) is 9.18 Å². The first kappa shape index (κ1) is 13.7. The highest BCUT2D eigenvalue weighted by molar-refractivity contribution is 5.78. The molecule has 0 spiro atoms. The van der Waals surface area contributed by atoms with Crippen molar-refractivity contribution in [2.24, 2.45) is 0 Å². The van der Waals surface area contributed by atoms with Gasteiger partial charge in [0.05, 0.1) is 13.0 Å². The minimum absolute atomic E-state index is 0.242. The molecule has 2 nitrogen and oxygen atoms in total. The van der Waals surface area contributed by atoms with Crippen molar-refractivity contribution in [1.29, 1.82) is 0 Å². The monoisotopic (exact) mass is 238 g/mol. The zero-order valence-electron chi connectivity index (χ0n) is 10.6. The molecule has 0 heterocycles. The van der Waals surface area contributed by atoms with Crippen molar-refractivity contribution in [2.75, 3.05) is 7.11 Å². The van der Waals surface area contributed by atoms with Gasteiger partial charge in [-0.15, -0.1) is 0 Å². The van der Waals surface area contributed by atoms with Crippen molar-refractivity contribution in [2.45, 2.75) is 39.0 Å². The predicted octanol–water partition coefficient (Wildman–Crippen LogP) is 3.58. The zero-order chi connectivity index (χ0) is 12.8. The van der Waals surface area contributed by atoms with Gasteiger partial charge in [-0.3, -0.25) is 4.79 Å². The van der Waals surface area contributed by atoms with Gasteiger partial charge in [-0.05, 0) is 36.6 Å². The van der Waals surface area contributed by atoms with Gasteiger partial charge in [0.25, 0.3) is 0 Å². The van der Waals surface area contributed by atoms with Gasteiger partial charge >= 0.3 is 5.97 Å². The molecule has 3 heteroatoms. The quantitative estimate of drug-likeness (QED) is 0.733. The Bertz CT molecular complexity index is 388. The molecule has 1 aromatic carbocycles. The fraction of sp³-hybridized carbons (Fsp3) is 0.500. The number of rotatable bonds is 5. The Morgan fingerprint density at radius 2 is 2.18 bits per heavy atom. The van der Waals surface area contributed by atoms with E-state index >= 15 is 0 Å². The molecule has 0 aliphatic heterocycles. The molecule has 0 amide bonds. The summed E-state index contributed by atoms with van der Waals surface area (Å²) in [5, 5.41) is 0. The summed E-state index contributed by atoms with van der Waals surface area (Å²) in [6.07, 6.45) is 2.72. The van der Waals surface area contributed by atoms with Crippen LogP contribution < -0.4 is 0 Å². The van der Waals surface area contributed by atoms with Crippen LogP contribution in [0.1, 0.15) is 43.2 Å². The Labute approximate surface area is 102 Å². The molecule has 0 radical (unpaired) electrons. The highest BCUT2D eigenvalue weighted by atomic mass is 19.1. The van der Waals surface area contributed by atoms with Crippen molar-refractivity contribution < 1.29 is 13.9 Å². The molecule has 94 valence electrons. The van der Waals surface area contributed by atoms with E-state index in [1.807, 2.05) is 6.92 Å². The highest BCUT2D eigenvalue weighted by Crippen LogP contribution is 2.26. The van der Waals surface area contributed by atoms with Gasteiger partial charge in [0, 0.05) is 0 Å². The summed E-state index contributed by atoms with van der Waals surface area (Å²) in [7, 11) is 1.39. The number of benzene rings is 1. The minimum Gasteiger partial charge on any atom is -0.469 e. The first-order valence-corrected chi connectivity index (χ1v) is 5.94. The minimum atomic E-state index is -0.277. The van der Waals surface area contributed by atoms with Crippen molar-refractivity contribution in [1.82, 2.24) is 0 Å². The van der Waals surface area contributed by atoms with E-state index in [4.69, 9.17) is 4.74 Å².